The van der Waals surface area contributed by atoms with Crippen molar-refractivity contribution in [2.24, 2.45) is 0 Å². The van der Waals surface area contributed by atoms with Gasteiger partial charge in [0, 0.05) is 18.5 Å². The van der Waals surface area contributed by atoms with E-state index in [9.17, 15) is 4.79 Å². The number of pyridine rings is 1. The summed E-state index contributed by atoms with van der Waals surface area (Å²) in [5.41, 5.74) is 0.931. The van der Waals surface area contributed by atoms with Crippen molar-refractivity contribution >= 4 is 5.97 Å². The lowest BCUT2D eigenvalue weighted by molar-refractivity contribution is -0.143. The molecule has 0 aliphatic heterocycles. The van der Waals surface area contributed by atoms with Gasteiger partial charge in [0.1, 0.15) is 0 Å². The van der Waals surface area contributed by atoms with Crippen LogP contribution in [0.1, 0.15) is 0 Å². The highest BCUT2D eigenvalue weighted by molar-refractivity contribution is 5.70. The molecule has 0 atom stereocenters. The zero-order valence-corrected chi connectivity index (χ0v) is 9.37. The van der Waals surface area contributed by atoms with Crippen molar-refractivity contribution in [2.45, 2.75) is 0 Å². The third-order valence-corrected chi connectivity index (χ3v) is 2.19. The van der Waals surface area contributed by atoms with Gasteiger partial charge in [-0.15, -0.1) is 0 Å². The molecule has 0 N–H and O–H groups in total. The SMILES string of the molecule is COC(=O)COc1ccc(-n2cccc2)cn1. The van der Waals surface area contributed by atoms with Crippen LogP contribution in [-0.4, -0.2) is 29.2 Å². The molecule has 0 spiro atoms. The second kappa shape index (κ2) is 5.16. The largest absolute Gasteiger partial charge is 0.466 e. The monoisotopic (exact) mass is 232 g/mol. The molecule has 2 aromatic heterocycles. The molecule has 5 nitrogen and oxygen atoms in total. The van der Waals surface area contributed by atoms with E-state index in [1.165, 1.54) is 7.11 Å². The van der Waals surface area contributed by atoms with Gasteiger partial charge in [-0.1, -0.05) is 0 Å². The fourth-order valence-corrected chi connectivity index (χ4v) is 1.31. The van der Waals surface area contributed by atoms with Gasteiger partial charge in [0.05, 0.1) is 19.0 Å². The minimum absolute atomic E-state index is 0.133. The van der Waals surface area contributed by atoms with Crippen LogP contribution in [0.4, 0.5) is 0 Å². The molecule has 0 saturated carbocycles. The number of hydrogen-bond acceptors (Lipinski definition) is 4. The number of ether oxygens (including phenoxy) is 2. The van der Waals surface area contributed by atoms with E-state index in [-0.39, 0.29) is 6.61 Å². The van der Waals surface area contributed by atoms with Crippen LogP contribution in [0, 0.1) is 0 Å². The van der Waals surface area contributed by atoms with Gasteiger partial charge in [0.25, 0.3) is 0 Å². The van der Waals surface area contributed by atoms with Crippen LogP contribution in [0.15, 0.2) is 42.9 Å². The first-order valence-electron chi connectivity index (χ1n) is 5.08. The number of methoxy groups -OCH3 is 1. The van der Waals surface area contributed by atoms with Crippen molar-refractivity contribution in [1.82, 2.24) is 9.55 Å². The molecule has 17 heavy (non-hydrogen) atoms. The topological polar surface area (TPSA) is 53.4 Å². The average molecular weight is 232 g/mol. The lowest BCUT2D eigenvalue weighted by atomic mass is 10.4. The minimum Gasteiger partial charge on any atom is -0.466 e. The van der Waals surface area contributed by atoms with E-state index in [1.54, 1.807) is 12.3 Å². The molecular weight excluding hydrogens is 220 g/mol. The molecule has 0 aliphatic carbocycles. The summed E-state index contributed by atoms with van der Waals surface area (Å²) in [6.07, 6.45) is 5.52. The highest BCUT2D eigenvalue weighted by atomic mass is 16.6. The Labute approximate surface area is 98.6 Å². The summed E-state index contributed by atoms with van der Waals surface area (Å²) in [4.78, 5) is 14.9. The zero-order chi connectivity index (χ0) is 12.1. The van der Waals surface area contributed by atoms with Crippen molar-refractivity contribution in [3.63, 3.8) is 0 Å². The molecule has 2 heterocycles. The molecule has 0 saturated heterocycles. The molecule has 0 unspecified atom stereocenters. The zero-order valence-electron chi connectivity index (χ0n) is 9.37. The average Bonchev–Trinajstić information content (AvgIpc) is 2.90. The van der Waals surface area contributed by atoms with E-state index in [0.29, 0.717) is 5.88 Å². The molecular formula is C12H12N2O3. The summed E-state index contributed by atoms with van der Waals surface area (Å²) < 4.78 is 11.5. The molecule has 0 aromatic carbocycles. The first kappa shape index (κ1) is 11.2. The summed E-state index contributed by atoms with van der Waals surface area (Å²) in [7, 11) is 1.31. The highest BCUT2D eigenvalue weighted by Gasteiger charge is 2.02. The van der Waals surface area contributed by atoms with Crippen molar-refractivity contribution in [2.75, 3.05) is 13.7 Å². The molecule has 5 heteroatoms. The van der Waals surface area contributed by atoms with Crippen molar-refractivity contribution in [3.8, 4) is 11.6 Å². The Morgan fingerprint density at radius 3 is 2.71 bits per heavy atom. The van der Waals surface area contributed by atoms with Crippen LogP contribution in [0.5, 0.6) is 5.88 Å². The highest BCUT2D eigenvalue weighted by Crippen LogP contribution is 2.11. The molecule has 88 valence electrons. The van der Waals surface area contributed by atoms with Crippen LogP contribution < -0.4 is 4.74 Å². The van der Waals surface area contributed by atoms with Gasteiger partial charge in [-0.25, -0.2) is 9.78 Å². The number of aromatic nitrogens is 2. The van der Waals surface area contributed by atoms with Crippen molar-refractivity contribution < 1.29 is 14.3 Å². The van der Waals surface area contributed by atoms with E-state index < -0.39 is 5.97 Å². The molecule has 0 bridgehead atoms. The van der Waals surface area contributed by atoms with Crippen LogP contribution in [0.3, 0.4) is 0 Å². The number of hydrogen-bond donors (Lipinski definition) is 0. The summed E-state index contributed by atoms with van der Waals surface area (Å²) in [5.74, 6) is -0.0346. The van der Waals surface area contributed by atoms with Gasteiger partial charge < -0.3 is 14.0 Å². The summed E-state index contributed by atoms with van der Waals surface area (Å²) in [6.45, 7) is -0.133. The third kappa shape index (κ3) is 2.84. The first-order chi connectivity index (χ1) is 8.29. The lowest BCUT2D eigenvalue weighted by Gasteiger charge is -2.05. The predicted octanol–water partition coefficient (Wildman–Crippen LogP) is 1.42. The van der Waals surface area contributed by atoms with Gasteiger partial charge in [-0.2, -0.15) is 0 Å². The van der Waals surface area contributed by atoms with E-state index in [1.807, 2.05) is 35.2 Å². The number of carbonyl (C=O) groups excluding carboxylic acids is 1. The van der Waals surface area contributed by atoms with Crippen LogP contribution in [0.2, 0.25) is 0 Å². The number of esters is 1. The van der Waals surface area contributed by atoms with E-state index >= 15 is 0 Å². The molecule has 2 rings (SSSR count). The lowest BCUT2D eigenvalue weighted by Crippen LogP contribution is -2.13. The molecule has 2 aromatic rings. The van der Waals surface area contributed by atoms with E-state index in [4.69, 9.17) is 4.74 Å². The molecule has 0 radical (unpaired) electrons. The Bertz CT molecular complexity index is 477. The Morgan fingerprint density at radius 1 is 1.35 bits per heavy atom. The van der Waals surface area contributed by atoms with Gasteiger partial charge >= 0.3 is 5.97 Å². The van der Waals surface area contributed by atoms with Gasteiger partial charge in [0.2, 0.25) is 5.88 Å². The fraction of sp³-hybridized carbons (Fsp3) is 0.167. The normalized spacial score (nSPS) is 9.94. The van der Waals surface area contributed by atoms with Gasteiger partial charge in [0.15, 0.2) is 6.61 Å². The number of rotatable bonds is 4. The van der Waals surface area contributed by atoms with Gasteiger partial charge in [-0.05, 0) is 18.2 Å². The second-order valence-electron chi connectivity index (χ2n) is 3.31. The van der Waals surface area contributed by atoms with Crippen LogP contribution in [0.25, 0.3) is 5.69 Å². The maximum absolute atomic E-state index is 10.9. The van der Waals surface area contributed by atoms with Crippen molar-refractivity contribution in [3.05, 3.63) is 42.9 Å². The third-order valence-electron chi connectivity index (χ3n) is 2.19. The van der Waals surface area contributed by atoms with Gasteiger partial charge in [-0.3, -0.25) is 0 Å². The van der Waals surface area contributed by atoms with Crippen LogP contribution in [-0.2, 0) is 9.53 Å². The Balaban J connectivity index is 2.01. The summed E-state index contributed by atoms with van der Waals surface area (Å²) >= 11 is 0. The first-order valence-corrected chi connectivity index (χ1v) is 5.08. The van der Waals surface area contributed by atoms with Crippen LogP contribution >= 0.6 is 0 Å². The second-order valence-corrected chi connectivity index (χ2v) is 3.31. The number of nitrogens with zero attached hydrogens (tertiary/aromatic N) is 2. The quantitative estimate of drug-likeness (QED) is 0.748. The Kier molecular flexibility index (Phi) is 3.40. The smallest absolute Gasteiger partial charge is 0.343 e. The number of carbonyl (C=O) groups is 1. The predicted molar refractivity (Wildman–Crippen MR) is 61.1 cm³/mol. The molecule has 0 fully saturated rings. The van der Waals surface area contributed by atoms with E-state index in [0.717, 1.165) is 5.69 Å². The molecule has 0 aliphatic rings. The summed E-state index contributed by atoms with van der Waals surface area (Å²) in [6, 6.07) is 7.43. The molecule has 0 amide bonds. The maximum Gasteiger partial charge on any atom is 0.343 e. The fourth-order valence-electron chi connectivity index (χ4n) is 1.31. The minimum atomic E-state index is -0.429. The standard InChI is InChI=1S/C12H12N2O3/c1-16-12(15)9-17-11-5-4-10(8-13-11)14-6-2-3-7-14/h2-8H,9H2,1H3. The van der Waals surface area contributed by atoms with Crippen molar-refractivity contribution in [1.29, 1.82) is 0 Å². The van der Waals surface area contributed by atoms with E-state index in [2.05, 4.69) is 9.72 Å². The Morgan fingerprint density at radius 2 is 2.12 bits per heavy atom. The summed E-state index contributed by atoms with van der Waals surface area (Å²) in [5, 5.41) is 0. The Hall–Kier alpha value is -2.30. The maximum atomic E-state index is 10.9.